The van der Waals surface area contributed by atoms with E-state index in [1.165, 1.54) is 18.3 Å². The number of amides is 1. The van der Waals surface area contributed by atoms with Gasteiger partial charge in [0.1, 0.15) is 5.82 Å². The Morgan fingerprint density at radius 1 is 0.971 bits per heavy atom. The summed E-state index contributed by atoms with van der Waals surface area (Å²) in [6.07, 6.45) is -1.04. The molecule has 3 aromatic carbocycles. The van der Waals surface area contributed by atoms with Crippen LogP contribution in [0.15, 0.2) is 78.2 Å². The molecule has 2 aromatic heterocycles. The number of imidazole rings is 1. The van der Waals surface area contributed by atoms with Crippen LogP contribution in [0.5, 0.6) is 0 Å². The second kappa shape index (κ2) is 9.69. The van der Waals surface area contributed by atoms with E-state index in [-0.39, 0.29) is 0 Å². The minimum absolute atomic E-state index is 0.307. The van der Waals surface area contributed by atoms with Gasteiger partial charge >= 0.3 is 5.97 Å². The topological polar surface area (TPSA) is 97.0 Å². The van der Waals surface area contributed by atoms with Gasteiger partial charge in [-0.1, -0.05) is 60.1 Å². The number of anilines is 1. The monoisotopic (exact) mass is 502 g/mol. The lowest BCUT2D eigenvalue weighted by atomic mass is 10.1. The molecule has 0 bridgehead atoms. The number of hydrogen-bond donors (Lipinski definition) is 2. The number of rotatable bonds is 6. The zero-order valence-electron chi connectivity index (χ0n) is 18.5. The van der Waals surface area contributed by atoms with Gasteiger partial charge in [0.05, 0.1) is 22.3 Å². The minimum atomic E-state index is -1.04. The van der Waals surface area contributed by atoms with Gasteiger partial charge in [0.15, 0.2) is 11.2 Å². The first-order chi connectivity index (χ1) is 17.0. The van der Waals surface area contributed by atoms with E-state index in [1.54, 1.807) is 29.6 Å². The predicted molar refractivity (Wildman–Crippen MR) is 138 cm³/mol. The van der Waals surface area contributed by atoms with Crippen LogP contribution in [-0.2, 0) is 9.53 Å². The summed E-state index contributed by atoms with van der Waals surface area (Å²) in [5.41, 5.74) is 3.97. The van der Waals surface area contributed by atoms with E-state index >= 15 is 0 Å². The minimum Gasteiger partial charge on any atom is -0.449 e. The zero-order valence-corrected chi connectivity index (χ0v) is 20.1. The molecule has 5 aromatic rings. The number of fused-ring (bicyclic) bond motifs is 1. The molecule has 7 nitrogen and oxygen atoms in total. The molecule has 0 fully saturated rings. The summed E-state index contributed by atoms with van der Waals surface area (Å²) >= 11 is 7.49. The number of carbonyl (C=O) groups is 2. The number of H-pyrrole nitrogens is 1. The zero-order chi connectivity index (χ0) is 24.4. The molecule has 5 rings (SSSR count). The fourth-order valence-corrected chi connectivity index (χ4v) is 4.50. The van der Waals surface area contributed by atoms with Gasteiger partial charge in [0.25, 0.3) is 5.91 Å². The molecule has 0 spiro atoms. The highest BCUT2D eigenvalue weighted by Gasteiger charge is 2.23. The van der Waals surface area contributed by atoms with E-state index in [4.69, 9.17) is 16.3 Å². The molecule has 0 aliphatic carbocycles. The average molecular weight is 503 g/mol. The van der Waals surface area contributed by atoms with Crippen LogP contribution in [0.2, 0.25) is 5.02 Å². The molecule has 0 aliphatic heterocycles. The number of thiazole rings is 1. The number of aromatic amines is 1. The normalized spacial score (nSPS) is 11.8. The fourth-order valence-electron chi connectivity index (χ4n) is 3.56. The lowest BCUT2D eigenvalue weighted by Gasteiger charge is -2.13. The molecule has 1 atom stereocenters. The number of nitrogens with one attached hydrogen (secondary N) is 2. The highest BCUT2D eigenvalue weighted by Crippen LogP contribution is 2.30. The molecule has 1 amide bonds. The Kier molecular flexibility index (Phi) is 6.31. The highest BCUT2D eigenvalue weighted by atomic mass is 35.5. The molecule has 35 heavy (non-hydrogen) atoms. The van der Waals surface area contributed by atoms with Crippen molar-refractivity contribution in [1.82, 2.24) is 15.0 Å². The van der Waals surface area contributed by atoms with Crippen molar-refractivity contribution in [2.75, 3.05) is 5.32 Å². The lowest BCUT2D eigenvalue weighted by Crippen LogP contribution is -2.30. The van der Waals surface area contributed by atoms with Gasteiger partial charge in [-0.2, -0.15) is 0 Å². The number of benzene rings is 3. The molecule has 9 heteroatoms. The largest absolute Gasteiger partial charge is 0.449 e. The van der Waals surface area contributed by atoms with Gasteiger partial charge in [-0.25, -0.2) is 14.8 Å². The Bertz CT molecular complexity index is 1510. The van der Waals surface area contributed by atoms with E-state index in [1.807, 2.05) is 48.5 Å². The maximum absolute atomic E-state index is 13.0. The summed E-state index contributed by atoms with van der Waals surface area (Å²) in [5, 5.41) is 5.46. The third-order valence-electron chi connectivity index (χ3n) is 5.33. The van der Waals surface area contributed by atoms with Gasteiger partial charge in [0, 0.05) is 21.5 Å². The number of ether oxygens (including phenoxy) is 1. The Hall–Kier alpha value is -4.01. The Balaban J connectivity index is 1.29. The number of esters is 1. The van der Waals surface area contributed by atoms with Crippen molar-refractivity contribution >= 4 is 51.0 Å². The number of carbonyl (C=O) groups excluding carboxylic acids is 2. The first-order valence-electron chi connectivity index (χ1n) is 10.8. The summed E-state index contributed by atoms with van der Waals surface area (Å²) in [6, 6.07) is 21.9. The summed E-state index contributed by atoms with van der Waals surface area (Å²) in [4.78, 5) is 37.9. The van der Waals surface area contributed by atoms with Gasteiger partial charge < -0.3 is 9.72 Å². The Labute approximate surface area is 209 Å². The van der Waals surface area contributed by atoms with E-state index in [9.17, 15) is 9.59 Å². The van der Waals surface area contributed by atoms with Crippen molar-refractivity contribution in [2.45, 2.75) is 13.0 Å². The SMILES string of the molecule is CC(OC(=O)c1ccccc1-c1nc2ccccc2[nH]1)C(=O)Nc1nc(-c2ccccc2Cl)cs1. The molecular weight excluding hydrogens is 484 g/mol. The lowest BCUT2D eigenvalue weighted by molar-refractivity contribution is -0.123. The first kappa shape index (κ1) is 22.8. The van der Waals surface area contributed by atoms with Crippen molar-refractivity contribution in [1.29, 1.82) is 0 Å². The van der Waals surface area contributed by atoms with Crippen molar-refractivity contribution < 1.29 is 14.3 Å². The summed E-state index contributed by atoms with van der Waals surface area (Å²) in [7, 11) is 0. The van der Waals surface area contributed by atoms with Crippen LogP contribution in [-0.4, -0.2) is 32.9 Å². The van der Waals surface area contributed by atoms with Gasteiger partial charge in [-0.05, 0) is 31.2 Å². The maximum Gasteiger partial charge on any atom is 0.339 e. The van der Waals surface area contributed by atoms with Crippen molar-refractivity contribution in [3.8, 4) is 22.6 Å². The van der Waals surface area contributed by atoms with Crippen molar-refractivity contribution in [3.05, 3.63) is 88.8 Å². The van der Waals surface area contributed by atoms with Crippen LogP contribution in [0.25, 0.3) is 33.7 Å². The van der Waals surface area contributed by atoms with Crippen LogP contribution < -0.4 is 5.32 Å². The van der Waals surface area contributed by atoms with Gasteiger partial charge in [0.2, 0.25) is 0 Å². The fraction of sp³-hybridized carbons (Fsp3) is 0.0769. The molecule has 0 aliphatic rings. The molecule has 2 N–H and O–H groups in total. The number of halogens is 1. The molecule has 0 saturated heterocycles. The number of aromatic nitrogens is 3. The second-order valence-electron chi connectivity index (χ2n) is 7.70. The summed E-state index contributed by atoms with van der Waals surface area (Å²) in [5.74, 6) is -0.565. The summed E-state index contributed by atoms with van der Waals surface area (Å²) in [6.45, 7) is 1.51. The van der Waals surface area contributed by atoms with Gasteiger partial charge in [-0.3, -0.25) is 10.1 Å². The van der Waals surface area contributed by atoms with Crippen LogP contribution in [0.3, 0.4) is 0 Å². The highest BCUT2D eigenvalue weighted by molar-refractivity contribution is 7.14. The number of hydrogen-bond acceptors (Lipinski definition) is 6. The van der Waals surface area contributed by atoms with Crippen LogP contribution in [0.1, 0.15) is 17.3 Å². The van der Waals surface area contributed by atoms with Gasteiger partial charge in [-0.15, -0.1) is 11.3 Å². The second-order valence-corrected chi connectivity index (χ2v) is 8.97. The molecule has 0 saturated carbocycles. The van der Waals surface area contributed by atoms with E-state index in [0.717, 1.165) is 16.6 Å². The molecule has 174 valence electrons. The van der Waals surface area contributed by atoms with Crippen LogP contribution in [0.4, 0.5) is 5.13 Å². The van der Waals surface area contributed by atoms with E-state index in [0.29, 0.717) is 32.8 Å². The third-order valence-corrected chi connectivity index (χ3v) is 6.42. The van der Waals surface area contributed by atoms with E-state index in [2.05, 4.69) is 20.3 Å². The molecule has 1 unspecified atom stereocenters. The van der Waals surface area contributed by atoms with Crippen LogP contribution >= 0.6 is 22.9 Å². The Morgan fingerprint density at radius 3 is 2.49 bits per heavy atom. The van der Waals surface area contributed by atoms with E-state index < -0.39 is 18.0 Å². The standard InChI is InChI=1S/C26H19ClN4O3S/c1-15(24(32)31-26-30-22(14-35-26)18-10-4-5-11-19(18)27)34-25(33)17-9-3-2-8-16(17)23-28-20-12-6-7-13-21(20)29-23/h2-15H,1H3,(H,28,29)(H,30,31,32). The Morgan fingerprint density at radius 2 is 1.69 bits per heavy atom. The number of para-hydroxylation sites is 2. The van der Waals surface area contributed by atoms with Crippen molar-refractivity contribution in [3.63, 3.8) is 0 Å². The molecule has 0 radical (unpaired) electrons. The predicted octanol–water partition coefficient (Wildman–Crippen LogP) is 6.19. The smallest absolute Gasteiger partial charge is 0.339 e. The average Bonchev–Trinajstić information content (AvgIpc) is 3.51. The molecular formula is C26H19ClN4O3S. The third kappa shape index (κ3) is 4.80. The van der Waals surface area contributed by atoms with Crippen molar-refractivity contribution in [2.24, 2.45) is 0 Å². The number of nitrogens with zero attached hydrogens (tertiary/aromatic N) is 2. The quantitative estimate of drug-likeness (QED) is 0.270. The molecule has 2 heterocycles. The maximum atomic E-state index is 13.0. The summed E-state index contributed by atoms with van der Waals surface area (Å²) < 4.78 is 5.48. The first-order valence-corrected chi connectivity index (χ1v) is 12.0. The van der Waals surface area contributed by atoms with Crippen LogP contribution in [0, 0.1) is 0 Å².